The number of aromatic nitrogens is 2. The van der Waals surface area contributed by atoms with Crippen molar-refractivity contribution < 1.29 is 4.74 Å². The van der Waals surface area contributed by atoms with E-state index in [1.807, 2.05) is 16.4 Å². The largest absolute Gasteiger partial charge is 0.383 e. The molecule has 0 saturated heterocycles. The van der Waals surface area contributed by atoms with Crippen LogP contribution in [0.2, 0.25) is 5.02 Å². The molecule has 122 valence electrons. The van der Waals surface area contributed by atoms with Gasteiger partial charge in [-0.1, -0.05) is 39.3 Å². The van der Waals surface area contributed by atoms with Crippen molar-refractivity contribution >= 4 is 23.4 Å². The lowest BCUT2D eigenvalue weighted by Crippen LogP contribution is -2.29. The molecule has 1 N–H and O–H groups in total. The fourth-order valence-electron chi connectivity index (χ4n) is 1.96. The minimum atomic E-state index is 0.209. The van der Waals surface area contributed by atoms with E-state index in [2.05, 4.69) is 38.1 Å². The number of nitrogens with zero attached hydrogens (tertiary/aromatic N) is 2. The maximum absolute atomic E-state index is 6.37. The van der Waals surface area contributed by atoms with Gasteiger partial charge in [0.05, 0.1) is 36.1 Å². The van der Waals surface area contributed by atoms with Gasteiger partial charge in [0.15, 0.2) is 0 Å². The second-order valence-corrected chi connectivity index (χ2v) is 8.28. The molecule has 0 aliphatic carbocycles. The highest BCUT2D eigenvalue weighted by Gasteiger charge is 2.22. The van der Waals surface area contributed by atoms with Crippen LogP contribution in [0.25, 0.3) is 0 Å². The molecule has 0 radical (unpaired) electrons. The highest BCUT2D eigenvalue weighted by Crippen LogP contribution is 2.31. The average molecular weight is 334 g/mol. The van der Waals surface area contributed by atoms with E-state index in [4.69, 9.17) is 16.3 Å². The number of nitrogens with one attached hydrogen (secondary N) is 1. The minimum Gasteiger partial charge on any atom is -0.383 e. The molecule has 1 aromatic rings. The van der Waals surface area contributed by atoms with Gasteiger partial charge >= 0.3 is 0 Å². The number of hydrogen-bond acceptors (Lipinski definition) is 4. The van der Waals surface area contributed by atoms with Crippen molar-refractivity contribution in [2.24, 2.45) is 0 Å². The summed E-state index contributed by atoms with van der Waals surface area (Å²) in [6.45, 7) is 11.2. The molecule has 0 aliphatic rings. The maximum Gasteiger partial charge on any atom is 0.0834 e. The third kappa shape index (κ3) is 6.59. The second-order valence-electron chi connectivity index (χ2n) is 6.02. The van der Waals surface area contributed by atoms with Gasteiger partial charge in [0.25, 0.3) is 0 Å². The monoisotopic (exact) mass is 333 g/mol. The molecule has 21 heavy (non-hydrogen) atoms. The summed E-state index contributed by atoms with van der Waals surface area (Å²) in [6.07, 6.45) is 2.83. The standard InChI is InChI=1S/C15H28ClN3OS/c1-6-7-17-13(11-21-15(2,3)4)14-12(16)10-18-19(14)8-9-20-5/h10,13,17H,6-9,11H2,1-5H3. The molecular formula is C15H28ClN3OS. The zero-order chi connectivity index (χ0) is 15.9. The van der Waals surface area contributed by atoms with Crippen LogP contribution in [-0.4, -0.2) is 40.5 Å². The van der Waals surface area contributed by atoms with Crippen LogP contribution in [0.3, 0.4) is 0 Å². The fraction of sp³-hybridized carbons (Fsp3) is 0.800. The number of ether oxygens (including phenoxy) is 1. The van der Waals surface area contributed by atoms with Crippen LogP contribution < -0.4 is 5.32 Å². The van der Waals surface area contributed by atoms with Gasteiger partial charge < -0.3 is 10.1 Å². The summed E-state index contributed by atoms with van der Waals surface area (Å²) >= 11 is 8.31. The number of rotatable bonds is 9. The zero-order valence-electron chi connectivity index (χ0n) is 13.8. The Morgan fingerprint density at radius 2 is 2.19 bits per heavy atom. The highest BCUT2D eigenvalue weighted by molar-refractivity contribution is 8.00. The molecule has 1 unspecified atom stereocenters. The summed E-state index contributed by atoms with van der Waals surface area (Å²) in [5.41, 5.74) is 1.07. The normalized spacial score (nSPS) is 13.6. The molecule has 0 bridgehead atoms. The van der Waals surface area contributed by atoms with Gasteiger partial charge in [-0.25, -0.2) is 0 Å². The fourth-order valence-corrected chi connectivity index (χ4v) is 3.18. The van der Waals surface area contributed by atoms with Crippen molar-refractivity contribution in [3.8, 4) is 0 Å². The van der Waals surface area contributed by atoms with E-state index >= 15 is 0 Å². The average Bonchev–Trinajstić information content (AvgIpc) is 2.77. The molecule has 0 amide bonds. The molecule has 6 heteroatoms. The number of thioether (sulfide) groups is 1. The van der Waals surface area contributed by atoms with Gasteiger partial charge in [0, 0.05) is 17.6 Å². The van der Waals surface area contributed by atoms with Crippen molar-refractivity contribution in [2.45, 2.75) is 51.4 Å². The summed E-state index contributed by atoms with van der Waals surface area (Å²) in [5.74, 6) is 0.974. The Balaban J connectivity index is 2.87. The Labute approximate surface area is 138 Å². The first-order valence-electron chi connectivity index (χ1n) is 7.46. The van der Waals surface area contributed by atoms with Gasteiger partial charge in [0.1, 0.15) is 0 Å². The van der Waals surface area contributed by atoms with Gasteiger partial charge in [0.2, 0.25) is 0 Å². The number of halogens is 1. The summed E-state index contributed by atoms with van der Waals surface area (Å²) < 4.78 is 7.35. The summed E-state index contributed by atoms with van der Waals surface area (Å²) in [7, 11) is 1.70. The van der Waals surface area contributed by atoms with Crippen LogP contribution in [0, 0.1) is 0 Å². The minimum absolute atomic E-state index is 0.209. The lowest BCUT2D eigenvalue weighted by atomic mass is 10.2. The van der Waals surface area contributed by atoms with E-state index < -0.39 is 0 Å². The summed E-state index contributed by atoms with van der Waals surface area (Å²) in [4.78, 5) is 0. The van der Waals surface area contributed by atoms with Crippen LogP contribution >= 0.6 is 23.4 Å². The quantitative estimate of drug-likeness (QED) is 0.747. The van der Waals surface area contributed by atoms with Gasteiger partial charge in [-0.05, 0) is 13.0 Å². The Morgan fingerprint density at radius 3 is 2.76 bits per heavy atom. The number of methoxy groups -OCH3 is 1. The van der Waals surface area contributed by atoms with Crippen LogP contribution in [-0.2, 0) is 11.3 Å². The molecular weight excluding hydrogens is 306 g/mol. The van der Waals surface area contributed by atoms with E-state index in [0.29, 0.717) is 6.61 Å². The topological polar surface area (TPSA) is 39.1 Å². The first-order valence-corrected chi connectivity index (χ1v) is 8.83. The Kier molecular flexibility index (Phi) is 8.09. The van der Waals surface area contributed by atoms with Crippen LogP contribution in [0.15, 0.2) is 6.20 Å². The molecule has 0 aliphatic heterocycles. The Bertz CT molecular complexity index is 418. The lowest BCUT2D eigenvalue weighted by Gasteiger charge is -2.25. The van der Waals surface area contributed by atoms with E-state index in [1.165, 1.54) is 0 Å². The van der Waals surface area contributed by atoms with Crippen molar-refractivity contribution in [3.05, 3.63) is 16.9 Å². The van der Waals surface area contributed by atoms with Gasteiger partial charge in [-0.2, -0.15) is 16.9 Å². The molecule has 1 aromatic heterocycles. The van der Waals surface area contributed by atoms with Gasteiger partial charge in [-0.15, -0.1) is 0 Å². The molecule has 0 aromatic carbocycles. The lowest BCUT2D eigenvalue weighted by molar-refractivity contribution is 0.182. The van der Waals surface area contributed by atoms with Crippen LogP contribution in [0.1, 0.15) is 45.9 Å². The van der Waals surface area contributed by atoms with E-state index in [1.54, 1.807) is 13.3 Å². The predicted octanol–water partition coefficient (Wildman–Crippen LogP) is 3.76. The van der Waals surface area contributed by atoms with Crippen molar-refractivity contribution in [2.75, 3.05) is 26.0 Å². The molecule has 1 atom stereocenters. The molecule has 0 spiro atoms. The zero-order valence-corrected chi connectivity index (χ0v) is 15.4. The second kappa shape index (κ2) is 9.03. The molecule has 0 saturated carbocycles. The molecule has 0 fully saturated rings. The Morgan fingerprint density at radius 1 is 1.48 bits per heavy atom. The molecule has 1 heterocycles. The SMILES string of the molecule is CCCNC(CSC(C)(C)C)c1c(Cl)cnn1CCOC. The third-order valence-electron chi connectivity index (χ3n) is 2.99. The third-order valence-corrected chi connectivity index (χ3v) is 4.65. The predicted molar refractivity (Wildman–Crippen MR) is 92.4 cm³/mol. The van der Waals surface area contributed by atoms with Crippen LogP contribution in [0.4, 0.5) is 0 Å². The van der Waals surface area contributed by atoms with E-state index in [-0.39, 0.29) is 10.8 Å². The molecule has 4 nitrogen and oxygen atoms in total. The highest BCUT2D eigenvalue weighted by atomic mass is 35.5. The van der Waals surface area contributed by atoms with E-state index in [9.17, 15) is 0 Å². The van der Waals surface area contributed by atoms with Crippen LogP contribution in [0.5, 0.6) is 0 Å². The van der Waals surface area contributed by atoms with Crippen molar-refractivity contribution in [3.63, 3.8) is 0 Å². The first-order chi connectivity index (χ1) is 9.89. The smallest absolute Gasteiger partial charge is 0.0834 e. The van der Waals surface area contributed by atoms with Crippen molar-refractivity contribution in [1.29, 1.82) is 0 Å². The maximum atomic E-state index is 6.37. The Hall–Kier alpha value is -0.230. The van der Waals surface area contributed by atoms with Crippen molar-refractivity contribution in [1.82, 2.24) is 15.1 Å². The number of hydrogen-bond donors (Lipinski definition) is 1. The summed E-state index contributed by atoms with van der Waals surface area (Å²) in [5, 5.41) is 8.71. The van der Waals surface area contributed by atoms with E-state index in [0.717, 1.165) is 36.0 Å². The first kappa shape index (κ1) is 18.8. The molecule has 1 rings (SSSR count). The van der Waals surface area contributed by atoms with Gasteiger partial charge in [-0.3, -0.25) is 4.68 Å². The summed E-state index contributed by atoms with van der Waals surface area (Å²) in [6, 6.07) is 0.209.